The second-order valence-electron chi connectivity index (χ2n) is 7.24. The standard InChI is InChI=1S/C23H22N2O4/c1-14(26)24-12-11-17-16-9-5-6-10-18(16)25-22(17)20(15-7-3-2-4-8-15)21-19(27)13-29-23(21)28/h2-10,20-21,25H,11-13H2,1H3,(H,24,26). The molecule has 6 heteroatoms. The van der Waals surface area contributed by atoms with Crippen molar-refractivity contribution in [2.45, 2.75) is 19.3 Å². The monoisotopic (exact) mass is 390 g/mol. The molecule has 2 N–H and O–H groups in total. The molecule has 2 atom stereocenters. The molecule has 0 aliphatic carbocycles. The zero-order valence-electron chi connectivity index (χ0n) is 16.1. The third kappa shape index (κ3) is 3.66. The van der Waals surface area contributed by atoms with Crippen LogP contribution in [0.3, 0.4) is 0 Å². The Labute approximate surface area is 168 Å². The van der Waals surface area contributed by atoms with Crippen LogP contribution in [0.1, 0.15) is 29.7 Å². The van der Waals surface area contributed by atoms with Crippen molar-refractivity contribution in [3.05, 3.63) is 71.4 Å². The van der Waals surface area contributed by atoms with Crippen molar-refractivity contribution in [2.24, 2.45) is 5.92 Å². The molecule has 2 aromatic carbocycles. The van der Waals surface area contributed by atoms with Gasteiger partial charge in [0.1, 0.15) is 5.92 Å². The van der Waals surface area contributed by atoms with E-state index < -0.39 is 17.8 Å². The number of aromatic amines is 1. The van der Waals surface area contributed by atoms with Gasteiger partial charge in [0.2, 0.25) is 5.91 Å². The molecule has 1 aliphatic heterocycles. The quantitative estimate of drug-likeness (QED) is 0.500. The van der Waals surface area contributed by atoms with E-state index >= 15 is 0 Å². The van der Waals surface area contributed by atoms with E-state index in [9.17, 15) is 14.4 Å². The number of para-hydroxylation sites is 1. The van der Waals surface area contributed by atoms with Gasteiger partial charge in [-0.1, -0.05) is 48.5 Å². The lowest BCUT2D eigenvalue weighted by Gasteiger charge is -2.21. The van der Waals surface area contributed by atoms with E-state index in [-0.39, 0.29) is 18.3 Å². The number of ether oxygens (including phenoxy) is 1. The number of hydrogen-bond acceptors (Lipinski definition) is 4. The number of amides is 1. The Bertz CT molecular complexity index is 1050. The Hall–Kier alpha value is -3.41. The van der Waals surface area contributed by atoms with Gasteiger partial charge in [-0.25, -0.2) is 0 Å². The molecule has 0 radical (unpaired) electrons. The van der Waals surface area contributed by atoms with Crippen LogP contribution in [0, 0.1) is 5.92 Å². The van der Waals surface area contributed by atoms with E-state index in [1.165, 1.54) is 6.92 Å². The van der Waals surface area contributed by atoms with Crippen molar-refractivity contribution >= 4 is 28.6 Å². The SMILES string of the molecule is CC(=O)NCCc1c(C(c2ccccc2)C2C(=O)COC2=O)[nH]c2ccccc12. The van der Waals surface area contributed by atoms with Gasteiger partial charge in [-0.2, -0.15) is 0 Å². The number of nitrogens with one attached hydrogen (secondary N) is 2. The smallest absolute Gasteiger partial charge is 0.318 e. The highest BCUT2D eigenvalue weighted by Crippen LogP contribution is 2.39. The van der Waals surface area contributed by atoms with Gasteiger partial charge in [0.15, 0.2) is 12.4 Å². The molecule has 0 spiro atoms. The van der Waals surface area contributed by atoms with E-state index in [2.05, 4.69) is 10.3 Å². The van der Waals surface area contributed by atoms with Crippen LogP contribution in [-0.2, 0) is 25.5 Å². The first-order chi connectivity index (χ1) is 14.1. The number of rotatable bonds is 6. The Kier molecular flexibility index (Phi) is 5.16. The number of cyclic esters (lactones) is 1. The maximum atomic E-state index is 12.6. The fraction of sp³-hybridized carbons (Fsp3) is 0.261. The molecule has 148 valence electrons. The predicted molar refractivity (Wildman–Crippen MR) is 108 cm³/mol. The summed E-state index contributed by atoms with van der Waals surface area (Å²) in [4.78, 5) is 39.9. The Morgan fingerprint density at radius 3 is 2.55 bits per heavy atom. The summed E-state index contributed by atoms with van der Waals surface area (Å²) < 4.78 is 5.07. The van der Waals surface area contributed by atoms with Gasteiger partial charge in [0.25, 0.3) is 0 Å². The highest BCUT2D eigenvalue weighted by molar-refractivity contribution is 6.06. The summed E-state index contributed by atoms with van der Waals surface area (Å²) in [5.74, 6) is -2.16. The fourth-order valence-electron chi connectivity index (χ4n) is 4.08. The van der Waals surface area contributed by atoms with Gasteiger partial charge in [0, 0.05) is 36.0 Å². The second kappa shape index (κ2) is 7.91. The topological polar surface area (TPSA) is 88.3 Å². The van der Waals surface area contributed by atoms with Crippen LogP contribution < -0.4 is 5.32 Å². The average Bonchev–Trinajstić information content (AvgIpc) is 3.24. The number of ketones is 1. The van der Waals surface area contributed by atoms with E-state index in [1.54, 1.807) is 0 Å². The summed E-state index contributed by atoms with van der Waals surface area (Å²) in [6.07, 6.45) is 0.582. The molecule has 3 aromatic rings. The molecule has 2 unspecified atom stereocenters. The lowest BCUT2D eigenvalue weighted by atomic mass is 9.80. The highest BCUT2D eigenvalue weighted by atomic mass is 16.5. The molecule has 1 saturated heterocycles. The van der Waals surface area contributed by atoms with Crippen LogP contribution in [0.4, 0.5) is 0 Å². The molecular weight excluding hydrogens is 368 g/mol. The van der Waals surface area contributed by atoms with E-state index in [0.717, 1.165) is 27.7 Å². The third-order valence-electron chi connectivity index (χ3n) is 5.36. The van der Waals surface area contributed by atoms with E-state index in [1.807, 2.05) is 54.6 Å². The zero-order valence-corrected chi connectivity index (χ0v) is 16.1. The zero-order chi connectivity index (χ0) is 20.4. The van der Waals surface area contributed by atoms with Crippen molar-refractivity contribution in [3.8, 4) is 0 Å². The Morgan fingerprint density at radius 1 is 1.14 bits per heavy atom. The Balaban J connectivity index is 1.86. The minimum Gasteiger partial charge on any atom is -0.457 e. The van der Waals surface area contributed by atoms with Crippen molar-refractivity contribution < 1.29 is 19.1 Å². The van der Waals surface area contributed by atoms with Crippen molar-refractivity contribution in [3.63, 3.8) is 0 Å². The Morgan fingerprint density at radius 2 is 1.86 bits per heavy atom. The number of hydrogen-bond donors (Lipinski definition) is 2. The first-order valence-electron chi connectivity index (χ1n) is 9.64. The summed E-state index contributed by atoms with van der Waals surface area (Å²) in [5, 5.41) is 3.85. The van der Waals surface area contributed by atoms with Gasteiger partial charge in [0.05, 0.1) is 0 Å². The lowest BCUT2D eigenvalue weighted by Crippen LogP contribution is -2.27. The van der Waals surface area contributed by atoms with Crippen LogP contribution in [0.25, 0.3) is 10.9 Å². The normalized spacial score (nSPS) is 17.3. The van der Waals surface area contributed by atoms with E-state index in [4.69, 9.17) is 4.74 Å². The number of esters is 1. The average molecular weight is 390 g/mol. The molecule has 2 heterocycles. The number of carbonyl (C=O) groups excluding carboxylic acids is 3. The van der Waals surface area contributed by atoms with Crippen LogP contribution >= 0.6 is 0 Å². The first-order valence-corrected chi connectivity index (χ1v) is 9.64. The largest absolute Gasteiger partial charge is 0.457 e. The molecule has 0 bridgehead atoms. The van der Waals surface area contributed by atoms with Crippen LogP contribution in [0.5, 0.6) is 0 Å². The molecule has 6 nitrogen and oxygen atoms in total. The van der Waals surface area contributed by atoms with Gasteiger partial charge < -0.3 is 15.0 Å². The number of carbonyl (C=O) groups is 3. The molecule has 1 fully saturated rings. The fourth-order valence-corrected chi connectivity index (χ4v) is 4.08. The summed E-state index contributed by atoms with van der Waals surface area (Å²) in [5.41, 5.74) is 3.62. The molecular formula is C23H22N2O4. The molecule has 1 aromatic heterocycles. The van der Waals surface area contributed by atoms with Gasteiger partial charge in [-0.15, -0.1) is 0 Å². The van der Waals surface area contributed by atoms with Crippen LogP contribution in [-0.4, -0.2) is 35.8 Å². The number of H-pyrrole nitrogens is 1. The lowest BCUT2D eigenvalue weighted by molar-refractivity contribution is -0.141. The van der Waals surface area contributed by atoms with Crippen molar-refractivity contribution in [1.82, 2.24) is 10.3 Å². The summed E-state index contributed by atoms with van der Waals surface area (Å²) in [6, 6.07) is 17.4. The molecule has 1 aliphatic rings. The number of fused-ring (bicyclic) bond motifs is 1. The first kappa shape index (κ1) is 18.9. The molecule has 4 rings (SSSR count). The number of aromatic nitrogens is 1. The summed E-state index contributed by atoms with van der Waals surface area (Å²) >= 11 is 0. The van der Waals surface area contributed by atoms with Gasteiger partial charge in [-0.3, -0.25) is 14.4 Å². The van der Waals surface area contributed by atoms with Crippen LogP contribution in [0.15, 0.2) is 54.6 Å². The predicted octanol–water partition coefficient (Wildman–Crippen LogP) is 2.72. The maximum absolute atomic E-state index is 12.6. The van der Waals surface area contributed by atoms with Crippen molar-refractivity contribution in [2.75, 3.05) is 13.2 Å². The number of benzene rings is 2. The summed E-state index contributed by atoms with van der Waals surface area (Å²) in [7, 11) is 0. The second-order valence-corrected chi connectivity index (χ2v) is 7.24. The third-order valence-corrected chi connectivity index (χ3v) is 5.36. The minimum atomic E-state index is -0.884. The highest BCUT2D eigenvalue weighted by Gasteiger charge is 2.44. The van der Waals surface area contributed by atoms with Crippen molar-refractivity contribution in [1.29, 1.82) is 0 Å². The molecule has 0 saturated carbocycles. The van der Waals surface area contributed by atoms with Crippen LogP contribution in [0.2, 0.25) is 0 Å². The molecule has 1 amide bonds. The maximum Gasteiger partial charge on any atom is 0.318 e. The van der Waals surface area contributed by atoms with Gasteiger partial charge >= 0.3 is 5.97 Å². The summed E-state index contributed by atoms with van der Waals surface area (Å²) in [6.45, 7) is 1.76. The minimum absolute atomic E-state index is 0.0967. The van der Waals surface area contributed by atoms with Gasteiger partial charge in [-0.05, 0) is 23.6 Å². The van der Waals surface area contributed by atoms with E-state index in [0.29, 0.717) is 13.0 Å². The number of Topliss-reactive ketones (excluding diaryl/α,β-unsaturated/α-hetero) is 1. The molecule has 29 heavy (non-hydrogen) atoms.